The maximum atomic E-state index is 11.7. The molecule has 124 valence electrons. The summed E-state index contributed by atoms with van der Waals surface area (Å²) in [5.41, 5.74) is 3.38. The van der Waals surface area contributed by atoms with Crippen molar-refractivity contribution in [3.8, 4) is 0 Å². The van der Waals surface area contributed by atoms with Gasteiger partial charge in [-0.3, -0.25) is 9.78 Å². The monoisotopic (exact) mass is 318 g/mol. The lowest BCUT2D eigenvalue weighted by molar-refractivity contribution is -0.139. The highest BCUT2D eigenvalue weighted by Crippen LogP contribution is 2.29. The van der Waals surface area contributed by atoms with E-state index in [9.17, 15) is 4.79 Å². The van der Waals surface area contributed by atoms with Crippen molar-refractivity contribution >= 4 is 22.6 Å². The van der Waals surface area contributed by atoms with Crippen molar-refractivity contribution in [1.29, 1.82) is 0 Å². The first-order chi connectivity index (χ1) is 11.2. The van der Waals surface area contributed by atoms with Gasteiger partial charge < -0.3 is 19.9 Å². The zero-order chi connectivity index (χ0) is 16.7. The fourth-order valence-corrected chi connectivity index (χ4v) is 2.42. The third kappa shape index (κ3) is 4.40. The van der Waals surface area contributed by atoms with Gasteiger partial charge in [-0.15, -0.1) is 0 Å². The molecule has 23 heavy (non-hydrogen) atoms. The largest absolute Gasteiger partial charge is 0.469 e. The summed E-state index contributed by atoms with van der Waals surface area (Å²) in [5.74, 6) is -0.301. The number of aliphatic hydroxyl groups is 1. The zero-order valence-corrected chi connectivity index (χ0v) is 13.5. The molecule has 6 heteroatoms. The molecule has 0 bridgehead atoms. The van der Waals surface area contributed by atoms with Gasteiger partial charge in [0.25, 0.3) is 0 Å². The Morgan fingerprint density at radius 2 is 2.09 bits per heavy atom. The number of carbonyl (C=O) groups is 1. The number of esters is 1. The van der Waals surface area contributed by atoms with Crippen LogP contribution in [0.1, 0.15) is 11.3 Å². The van der Waals surface area contributed by atoms with Crippen LogP contribution < -0.4 is 5.32 Å². The number of aryl methyl sites for hydroxylation is 1. The molecule has 0 spiro atoms. The van der Waals surface area contributed by atoms with E-state index in [1.165, 1.54) is 7.11 Å². The topological polar surface area (TPSA) is 80.7 Å². The number of pyridine rings is 1. The number of aliphatic hydroxyl groups excluding tert-OH is 1. The van der Waals surface area contributed by atoms with Gasteiger partial charge in [0.2, 0.25) is 0 Å². The van der Waals surface area contributed by atoms with Crippen molar-refractivity contribution in [3.63, 3.8) is 0 Å². The fourth-order valence-electron chi connectivity index (χ4n) is 2.42. The van der Waals surface area contributed by atoms with Crippen LogP contribution >= 0.6 is 0 Å². The second kappa shape index (κ2) is 8.45. The average Bonchev–Trinajstić information content (AvgIpc) is 2.56. The Balaban J connectivity index is 2.31. The van der Waals surface area contributed by atoms with Crippen LogP contribution in [0.3, 0.4) is 0 Å². The smallest absolute Gasteiger partial charge is 0.310 e. The molecule has 6 nitrogen and oxygen atoms in total. The van der Waals surface area contributed by atoms with Crippen LogP contribution in [-0.2, 0) is 20.7 Å². The molecule has 0 aliphatic carbocycles. The molecule has 2 rings (SSSR count). The number of methoxy groups -OCH3 is 1. The molecule has 0 fully saturated rings. The number of carbonyl (C=O) groups excluding carboxylic acids is 1. The van der Waals surface area contributed by atoms with Gasteiger partial charge in [0.15, 0.2) is 0 Å². The van der Waals surface area contributed by atoms with Gasteiger partial charge in [0.1, 0.15) is 0 Å². The summed E-state index contributed by atoms with van der Waals surface area (Å²) in [4.78, 5) is 16.3. The SMILES string of the molecule is COC(=O)Cc1c(C)nc2ccccc2c1NCCOCCO. The molecule has 0 amide bonds. The van der Waals surface area contributed by atoms with Gasteiger partial charge in [-0.25, -0.2) is 0 Å². The van der Waals surface area contributed by atoms with E-state index in [1.54, 1.807) is 0 Å². The molecule has 0 saturated heterocycles. The summed E-state index contributed by atoms with van der Waals surface area (Å²) in [6.07, 6.45) is 0.167. The molecule has 0 unspecified atom stereocenters. The summed E-state index contributed by atoms with van der Waals surface area (Å²) >= 11 is 0. The number of aromatic nitrogens is 1. The normalized spacial score (nSPS) is 10.7. The van der Waals surface area contributed by atoms with Crippen molar-refractivity contribution in [1.82, 2.24) is 4.98 Å². The van der Waals surface area contributed by atoms with Gasteiger partial charge >= 0.3 is 5.97 Å². The van der Waals surface area contributed by atoms with Crippen LogP contribution in [0.5, 0.6) is 0 Å². The number of nitrogens with one attached hydrogen (secondary N) is 1. The lowest BCUT2D eigenvalue weighted by Gasteiger charge is -2.16. The first-order valence-electron chi connectivity index (χ1n) is 7.55. The summed E-state index contributed by atoms with van der Waals surface area (Å²) in [6.45, 7) is 3.24. The van der Waals surface area contributed by atoms with E-state index >= 15 is 0 Å². The highest BCUT2D eigenvalue weighted by Gasteiger charge is 2.15. The minimum atomic E-state index is -0.301. The van der Waals surface area contributed by atoms with E-state index in [4.69, 9.17) is 14.6 Å². The van der Waals surface area contributed by atoms with Gasteiger partial charge in [-0.1, -0.05) is 18.2 Å². The summed E-state index contributed by atoms with van der Waals surface area (Å²) in [6, 6.07) is 7.79. The van der Waals surface area contributed by atoms with Crippen molar-refractivity contribution in [3.05, 3.63) is 35.5 Å². The number of ether oxygens (including phenoxy) is 2. The molecular formula is C17H22N2O4. The van der Waals surface area contributed by atoms with Crippen LogP contribution in [0, 0.1) is 6.92 Å². The number of hydrogen-bond acceptors (Lipinski definition) is 6. The molecule has 2 N–H and O–H groups in total. The molecule has 2 aromatic rings. The van der Waals surface area contributed by atoms with Crippen LogP contribution in [-0.4, -0.2) is 49.5 Å². The first-order valence-corrected chi connectivity index (χ1v) is 7.55. The summed E-state index contributed by atoms with van der Waals surface area (Å²) in [7, 11) is 1.38. The van der Waals surface area contributed by atoms with E-state index in [0.717, 1.165) is 27.8 Å². The molecule has 1 aromatic carbocycles. The first kappa shape index (κ1) is 17.2. The molecule has 0 atom stereocenters. The van der Waals surface area contributed by atoms with Crippen LogP contribution in [0.25, 0.3) is 10.9 Å². The van der Waals surface area contributed by atoms with Crippen LogP contribution in [0.4, 0.5) is 5.69 Å². The molecule has 0 aliphatic heterocycles. The Morgan fingerprint density at radius 3 is 2.83 bits per heavy atom. The Morgan fingerprint density at radius 1 is 1.30 bits per heavy atom. The van der Waals surface area contributed by atoms with E-state index in [0.29, 0.717) is 19.8 Å². The Hall–Kier alpha value is -2.18. The molecule has 0 aliphatic rings. The lowest BCUT2D eigenvalue weighted by Crippen LogP contribution is -2.15. The number of nitrogens with zero attached hydrogens (tertiary/aromatic N) is 1. The number of anilines is 1. The van der Waals surface area contributed by atoms with Crippen LogP contribution in [0.2, 0.25) is 0 Å². The number of rotatable bonds is 8. The minimum absolute atomic E-state index is 0.00485. The predicted molar refractivity (Wildman–Crippen MR) is 88.6 cm³/mol. The Kier molecular flexibility index (Phi) is 6.31. The van der Waals surface area contributed by atoms with E-state index < -0.39 is 0 Å². The molecule has 1 aromatic heterocycles. The third-order valence-electron chi connectivity index (χ3n) is 3.53. The van der Waals surface area contributed by atoms with Crippen molar-refractivity contribution < 1.29 is 19.4 Å². The minimum Gasteiger partial charge on any atom is -0.469 e. The Labute approximate surface area is 135 Å². The lowest BCUT2D eigenvalue weighted by atomic mass is 10.0. The van der Waals surface area contributed by atoms with E-state index in [1.807, 2.05) is 31.2 Å². The van der Waals surface area contributed by atoms with Gasteiger partial charge in [0, 0.05) is 28.9 Å². The highest BCUT2D eigenvalue weighted by molar-refractivity contribution is 5.95. The van der Waals surface area contributed by atoms with E-state index in [-0.39, 0.29) is 19.0 Å². The third-order valence-corrected chi connectivity index (χ3v) is 3.53. The van der Waals surface area contributed by atoms with Crippen molar-refractivity contribution in [2.45, 2.75) is 13.3 Å². The average molecular weight is 318 g/mol. The second-order valence-corrected chi connectivity index (χ2v) is 5.08. The number of benzene rings is 1. The standard InChI is InChI=1S/C17H22N2O4/c1-12-14(11-16(21)22-2)17(18-7-9-23-10-8-20)13-5-3-4-6-15(13)19-12/h3-6,20H,7-11H2,1-2H3,(H,18,19). The highest BCUT2D eigenvalue weighted by atomic mass is 16.5. The van der Waals surface area contributed by atoms with Gasteiger partial charge in [-0.2, -0.15) is 0 Å². The number of fused-ring (bicyclic) bond motifs is 1. The van der Waals surface area contributed by atoms with Crippen LogP contribution in [0.15, 0.2) is 24.3 Å². The van der Waals surface area contributed by atoms with Gasteiger partial charge in [-0.05, 0) is 13.0 Å². The second-order valence-electron chi connectivity index (χ2n) is 5.08. The molecule has 0 radical (unpaired) electrons. The zero-order valence-electron chi connectivity index (χ0n) is 13.5. The quantitative estimate of drug-likeness (QED) is 0.569. The fraction of sp³-hybridized carbons (Fsp3) is 0.412. The molecule has 1 heterocycles. The predicted octanol–water partition coefficient (Wildman–Crippen LogP) is 1.68. The summed E-state index contributed by atoms with van der Waals surface area (Å²) < 4.78 is 10.1. The van der Waals surface area contributed by atoms with Crippen molar-refractivity contribution in [2.75, 3.05) is 38.8 Å². The maximum absolute atomic E-state index is 11.7. The van der Waals surface area contributed by atoms with Gasteiger partial charge in [0.05, 0.1) is 38.9 Å². The van der Waals surface area contributed by atoms with Crippen molar-refractivity contribution in [2.24, 2.45) is 0 Å². The molecule has 0 saturated carbocycles. The number of para-hydroxylation sites is 1. The maximum Gasteiger partial charge on any atom is 0.310 e. The summed E-state index contributed by atoms with van der Waals surface area (Å²) in [5, 5.41) is 13.0. The number of hydrogen-bond donors (Lipinski definition) is 2. The Bertz CT molecular complexity index is 673. The molecular weight excluding hydrogens is 296 g/mol. The van der Waals surface area contributed by atoms with E-state index in [2.05, 4.69) is 10.3 Å².